The summed E-state index contributed by atoms with van der Waals surface area (Å²) in [4.78, 5) is 0. The maximum atomic E-state index is 6.98. The molecule has 19 heavy (non-hydrogen) atoms. The Kier molecular flexibility index (Phi) is 11.5. The SMILES string of the molecule is CCCCC(CC)C[Si](C)(Cl)CC(CC)CCCC. The molecule has 0 spiro atoms. The molecule has 0 nitrogen and oxygen atoms in total. The molecule has 0 rings (SSSR count). The lowest BCUT2D eigenvalue weighted by molar-refractivity contribution is 0.469. The zero-order chi connectivity index (χ0) is 14.7. The van der Waals surface area contributed by atoms with E-state index in [0.29, 0.717) is 0 Å². The highest BCUT2D eigenvalue weighted by Gasteiger charge is 2.30. The molecule has 0 amide bonds. The van der Waals surface area contributed by atoms with Crippen molar-refractivity contribution in [3.63, 3.8) is 0 Å². The molecule has 0 aromatic heterocycles. The van der Waals surface area contributed by atoms with Crippen molar-refractivity contribution in [1.29, 1.82) is 0 Å². The lowest BCUT2D eigenvalue weighted by atomic mass is 10.0. The largest absolute Gasteiger partial charge is 0.167 e. The summed E-state index contributed by atoms with van der Waals surface area (Å²) in [6, 6.07) is 2.68. The second-order valence-corrected chi connectivity index (χ2v) is 13.0. The van der Waals surface area contributed by atoms with Gasteiger partial charge in [-0.1, -0.05) is 85.6 Å². The summed E-state index contributed by atoms with van der Waals surface area (Å²) in [6.07, 6.45) is 10.8. The summed E-state index contributed by atoms with van der Waals surface area (Å²) in [6.45, 7) is 11.7. The first-order chi connectivity index (χ1) is 8.99. The summed E-state index contributed by atoms with van der Waals surface area (Å²) in [7, 11) is -1.50. The van der Waals surface area contributed by atoms with Gasteiger partial charge in [-0.3, -0.25) is 0 Å². The number of unbranched alkanes of at least 4 members (excludes halogenated alkanes) is 2. The fourth-order valence-electron chi connectivity index (χ4n) is 3.17. The predicted molar refractivity (Wildman–Crippen MR) is 93.7 cm³/mol. The molecule has 0 heterocycles. The third-order valence-electron chi connectivity index (χ3n) is 4.52. The summed E-state index contributed by atoms with van der Waals surface area (Å²) in [5, 5.41) is 0. The van der Waals surface area contributed by atoms with E-state index in [-0.39, 0.29) is 0 Å². The molecule has 2 atom stereocenters. The van der Waals surface area contributed by atoms with Crippen LogP contribution in [-0.4, -0.2) is 7.38 Å². The summed E-state index contributed by atoms with van der Waals surface area (Å²) >= 11 is 6.98. The first-order valence-electron chi connectivity index (χ1n) is 8.67. The molecule has 0 aliphatic heterocycles. The zero-order valence-corrected chi connectivity index (χ0v) is 15.9. The number of rotatable bonds is 12. The molecule has 0 aromatic carbocycles. The molecule has 0 N–H and O–H groups in total. The maximum Gasteiger partial charge on any atom is 0.154 e. The van der Waals surface area contributed by atoms with Gasteiger partial charge in [-0.05, 0) is 23.9 Å². The third kappa shape index (κ3) is 9.95. The van der Waals surface area contributed by atoms with Crippen LogP contribution in [0.15, 0.2) is 0 Å². The molecule has 0 aliphatic rings. The van der Waals surface area contributed by atoms with Crippen LogP contribution >= 0.6 is 11.1 Å². The summed E-state index contributed by atoms with van der Waals surface area (Å²) in [5.74, 6) is 1.77. The Morgan fingerprint density at radius 1 is 0.789 bits per heavy atom. The Labute approximate surface area is 128 Å². The lowest BCUT2D eigenvalue weighted by Crippen LogP contribution is -2.28. The first-order valence-corrected chi connectivity index (χ1v) is 12.6. The second-order valence-electron chi connectivity index (χ2n) is 6.65. The van der Waals surface area contributed by atoms with E-state index in [1.54, 1.807) is 0 Å². The van der Waals surface area contributed by atoms with E-state index in [0.717, 1.165) is 11.8 Å². The minimum absolute atomic E-state index is 0.887. The monoisotopic (exact) mass is 304 g/mol. The van der Waals surface area contributed by atoms with Crippen LogP contribution in [0.25, 0.3) is 0 Å². The van der Waals surface area contributed by atoms with Gasteiger partial charge in [-0.25, -0.2) is 0 Å². The van der Waals surface area contributed by atoms with Crippen LogP contribution in [-0.2, 0) is 0 Å². The van der Waals surface area contributed by atoms with Gasteiger partial charge in [0.25, 0.3) is 0 Å². The Morgan fingerprint density at radius 2 is 1.16 bits per heavy atom. The molecule has 2 heteroatoms. The summed E-state index contributed by atoms with van der Waals surface area (Å²) < 4.78 is 0. The standard InChI is InChI=1S/C17H37ClSi/c1-6-10-12-16(8-3)14-19(5,18)15-17(9-4)13-11-7-2/h16-17H,6-15H2,1-5H3. The summed E-state index contributed by atoms with van der Waals surface area (Å²) in [5.41, 5.74) is 0. The molecule has 0 bridgehead atoms. The van der Waals surface area contributed by atoms with E-state index in [1.807, 2.05) is 0 Å². The molecule has 0 saturated heterocycles. The zero-order valence-electron chi connectivity index (χ0n) is 14.1. The Morgan fingerprint density at radius 3 is 1.42 bits per heavy atom. The van der Waals surface area contributed by atoms with E-state index < -0.39 is 7.38 Å². The Hall–Kier alpha value is 0.507. The molecule has 0 fully saturated rings. The molecule has 0 radical (unpaired) electrons. The van der Waals surface area contributed by atoms with Crippen molar-refractivity contribution >= 4 is 18.5 Å². The lowest BCUT2D eigenvalue weighted by Gasteiger charge is -2.29. The van der Waals surface area contributed by atoms with Crippen LogP contribution < -0.4 is 0 Å². The van der Waals surface area contributed by atoms with Gasteiger partial charge in [-0.2, -0.15) is 11.1 Å². The van der Waals surface area contributed by atoms with Crippen molar-refractivity contribution in [3.05, 3.63) is 0 Å². The van der Waals surface area contributed by atoms with Crippen LogP contribution in [0.4, 0.5) is 0 Å². The molecule has 2 unspecified atom stereocenters. The van der Waals surface area contributed by atoms with Crippen molar-refractivity contribution in [2.24, 2.45) is 11.8 Å². The number of hydrogen-bond donors (Lipinski definition) is 0. The van der Waals surface area contributed by atoms with E-state index in [1.165, 1.54) is 63.5 Å². The van der Waals surface area contributed by atoms with Crippen molar-refractivity contribution in [3.8, 4) is 0 Å². The van der Waals surface area contributed by atoms with Gasteiger partial charge >= 0.3 is 0 Å². The molecular weight excluding hydrogens is 268 g/mol. The fraction of sp³-hybridized carbons (Fsp3) is 1.00. The van der Waals surface area contributed by atoms with Gasteiger partial charge in [0.05, 0.1) is 0 Å². The van der Waals surface area contributed by atoms with E-state index in [4.69, 9.17) is 11.1 Å². The average molecular weight is 305 g/mol. The first kappa shape index (κ1) is 19.5. The van der Waals surface area contributed by atoms with Crippen LogP contribution in [0.2, 0.25) is 18.6 Å². The van der Waals surface area contributed by atoms with Gasteiger partial charge in [0.2, 0.25) is 0 Å². The van der Waals surface area contributed by atoms with E-state index in [9.17, 15) is 0 Å². The number of hydrogen-bond acceptors (Lipinski definition) is 0. The normalized spacial score (nSPS) is 18.0. The molecule has 116 valence electrons. The Bertz CT molecular complexity index is 183. The fourth-order valence-corrected chi connectivity index (χ4v) is 8.04. The van der Waals surface area contributed by atoms with Crippen molar-refractivity contribution in [2.75, 3.05) is 0 Å². The van der Waals surface area contributed by atoms with E-state index >= 15 is 0 Å². The average Bonchev–Trinajstić information content (AvgIpc) is 2.39. The van der Waals surface area contributed by atoms with Crippen molar-refractivity contribution < 1.29 is 0 Å². The molecule has 0 saturated carbocycles. The van der Waals surface area contributed by atoms with Crippen molar-refractivity contribution in [1.82, 2.24) is 0 Å². The predicted octanol–water partition coefficient (Wildman–Crippen LogP) is 7.23. The molecule has 0 aliphatic carbocycles. The van der Waals surface area contributed by atoms with Gasteiger partial charge in [0.1, 0.15) is 0 Å². The van der Waals surface area contributed by atoms with Crippen LogP contribution in [0, 0.1) is 11.8 Å². The minimum atomic E-state index is -1.50. The van der Waals surface area contributed by atoms with Gasteiger partial charge in [0.15, 0.2) is 7.38 Å². The number of halogens is 1. The van der Waals surface area contributed by atoms with Crippen LogP contribution in [0.3, 0.4) is 0 Å². The van der Waals surface area contributed by atoms with E-state index in [2.05, 4.69) is 34.2 Å². The van der Waals surface area contributed by atoms with Crippen molar-refractivity contribution in [2.45, 2.75) is 97.7 Å². The maximum absolute atomic E-state index is 6.98. The smallest absolute Gasteiger partial charge is 0.154 e. The van der Waals surface area contributed by atoms with Gasteiger partial charge < -0.3 is 0 Å². The third-order valence-corrected chi connectivity index (χ3v) is 8.30. The second kappa shape index (κ2) is 11.2. The van der Waals surface area contributed by atoms with Crippen LogP contribution in [0.5, 0.6) is 0 Å². The van der Waals surface area contributed by atoms with Gasteiger partial charge in [-0.15, -0.1) is 0 Å². The minimum Gasteiger partial charge on any atom is -0.167 e. The quantitative estimate of drug-likeness (QED) is 0.263. The highest BCUT2D eigenvalue weighted by molar-refractivity contribution is 7.19. The molecular formula is C17H37ClSi. The topological polar surface area (TPSA) is 0 Å². The molecule has 0 aromatic rings. The van der Waals surface area contributed by atoms with Gasteiger partial charge in [0, 0.05) is 0 Å². The highest BCUT2D eigenvalue weighted by atomic mass is 35.6. The highest BCUT2D eigenvalue weighted by Crippen LogP contribution is 2.34. The van der Waals surface area contributed by atoms with Crippen LogP contribution in [0.1, 0.15) is 79.1 Å². The Balaban J connectivity index is 4.24.